The number of hydrogen-bond acceptors (Lipinski definition) is 3. The lowest BCUT2D eigenvalue weighted by molar-refractivity contribution is 0.220. The van der Waals surface area contributed by atoms with Gasteiger partial charge in [0.25, 0.3) is 0 Å². The van der Waals surface area contributed by atoms with Gasteiger partial charge in [-0.3, -0.25) is 5.32 Å². The first-order chi connectivity index (χ1) is 10.6. The number of anilines is 1. The highest BCUT2D eigenvalue weighted by atomic mass is 35.5. The first-order valence-electron chi connectivity index (χ1n) is 7.37. The molecule has 0 aliphatic heterocycles. The van der Waals surface area contributed by atoms with Crippen LogP contribution in [0.25, 0.3) is 0 Å². The summed E-state index contributed by atoms with van der Waals surface area (Å²) in [7, 11) is 1.78. The van der Waals surface area contributed by atoms with E-state index < -0.39 is 0 Å². The number of aryl methyl sites for hydroxylation is 2. The van der Waals surface area contributed by atoms with Crippen LogP contribution in [0.15, 0.2) is 24.3 Å². The second-order valence-electron chi connectivity index (χ2n) is 5.51. The molecule has 4 nitrogen and oxygen atoms in total. The van der Waals surface area contributed by atoms with Gasteiger partial charge in [0.1, 0.15) is 0 Å². The Morgan fingerprint density at radius 1 is 1.32 bits per heavy atom. The minimum atomic E-state index is -0.138. The van der Waals surface area contributed by atoms with E-state index in [4.69, 9.17) is 11.6 Å². The molecule has 0 atom stereocenters. The first-order valence-corrected chi connectivity index (χ1v) is 8.56. The van der Waals surface area contributed by atoms with Gasteiger partial charge in [-0.15, -0.1) is 11.3 Å². The molecule has 1 aliphatic rings. The molecule has 1 heterocycles. The number of carbonyl (C=O) groups is 1. The molecule has 1 aromatic carbocycles. The van der Waals surface area contributed by atoms with Crippen LogP contribution in [-0.4, -0.2) is 23.0 Å². The molecule has 116 valence electrons. The number of nitrogens with zero attached hydrogens (tertiary/aromatic N) is 2. The van der Waals surface area contributed by atoms with Crippen molar-refractivity contribution < 1.29 is 4.79 Å². The summed E-state index contributed by atoms with van der Waals surface area (Å²) in [6.07, 6.45) is 4.53. The molecule has 1 N–H and O–H groups in total. The maximum absolute atomic E-state index is 12.3. The Morgan fingerprint density at radius 3 is 2.77 bits per heavy atom. The highest BCUT2D eigenvalue weighted by Crippen LogP contribution is 2.29. The van der Waals surface area contributed by atoms with Gasteiger partial charge in [-0.25, -0.2) is 9.78 Å². The monoisotopic (exact) mass is 335 g/mol. The number of carbonyl (C=O) groups excluding carboxylic acids is 1. The summed E-state index contributed by atoms with van der Waals surface area (Å²) in [6.45, 7) is 0.536. The number of hydrogen-bond donors (Lipinski definition) is 1. The molecule has 1 aromatic heterocycles. The van der Waals surface area contributed by atoms with Crippen LogP contribution in [0.4, 0.5) is 9.93 Å². The fourth-order valence-corrected chi connectivity index (χ4v) is 3.69. The molecule has 0 radical (unpaired) electrons. The maximum Gasteiger partial charge on any atom is 0.323 e. The van der Waals surface area contributed by atoms with Crippen molar-refractivity contribution in [3.05, 3.63) is 45.4 Å². The van der Waals surface area contributed by atoms with Crippen LogP contribution in [0.3, 0.4) is 0 Å². The van der Waals surface area contributed by atoms with Gasteiger partial charge in [0.2, 0.25) is 0 Å². The molecule has 22 heavy (non-hydrogen) atoms. The minimum Gasteiger partial charge on any atom is -0.323 e. The van der Waals surface area contributed by atoms with Crippen LogP contribution in [0, 0.1) is 0 Å². The molecule has 6 heteroatoms. The summed E-state index contributed by atoms with van der Waals surface area (Å²) in [6, 6.07) is 7.37. The molecular weight excluding hydrogens is 318 g/mol. The Hall–Kier alpha value is -1.59. The van der Waals surface area contributed by atoms with Gasteiger partial charge >= 0.3 is 6.03 Å². The second-order valence-corrected chi connectivity index (χ2v) is 7.03. The summed E-state index contributed by atoms with van der Waals surface area (Å²) in [5.41, 5.74) is 2.20. The van der Waals surface area contributed by atoms with Crippen molar-refractivity contribution in [1.29, 1.82) is 0 Å². The highest BCUT2D eigenvalue weighted by molar-refractivity contribution is 7.15. The van der Waals surface area contributed by atoms with Crippen molar-refractivity contribution in [3.63, 3.8) is 0 Å². The predicted octanol–water partition coefficient (Wildman–Crippen LogP) is 4.34. The molecule has 2 aromatic rings. The summed E-state index contributed by atoms with van der Waals surface area (Å²) in [5, 5.41) is 4.31. The molecular formula is C16H18ClN3OS. The van der Waals surface area contributed by atoms with E-state index in [1.54, 1.807) is 23.3 Å². The normalized spacial score (nSPS) is 13.5. The third kappa shape index (κ3) is 3.59. The molecule has 0 saturated carbocycles. The second kappa shape index (κ2) is 6.67. The van der Waals surface area contributed by atoms with Crippen LogP contribution in [0.2, 0.25) is 5.02 Å². The number of halogens is 1. The van der Waals surface area contributed by atoms with E-state index >= 15 is 0 Å². The zero-order valence-electron chi connectivity index (χ0n) is 12.4. The van der Waals surface area contributed by atoms with E-state index in [0.29, 0.717) is 16.7 Å². The molecule has 2 amide bonds. The Bertz CT molecular complexity index is 645. The molecule has 0 saturated heterocycles. The summed E-state index contributed by atoms with van der Waals surface area (Å²) in [4.78, 5) is 19.7. The zero-order chi connectivity index (χ0) is 15.5. The van der Waals surface area contributed by atoms with Crippen molar-refractivity contribution in [2.75, 3.05) is 12.4 Å². The average molecular weight is 336 g/mol. The molecule has 3 rings (SSSR count). The summed E-state index contributed by atoms with van der Waals surface area (Å²) >= 11 is 7.47. The number of rotatable bonds is 3. The van der Waals surface area contributed by atoms with E-state index in [0.717, 1.165) is 24.1 Å². The Morgan fingerprint density at radius 2 is 2.05 bits per heavy atom. The van der Waals surface area contributed by atoms with Gasteiger partial charge in [-0.1, -0.05) is 23.7 Å². The first kappa shape index (κ1) is 15.3. The van der Waals surface area contributed by atoms with Gasteiger partial charge in [0, 0.05) is 23.5 Å². The number of urea groups is 1. The average Bonchev–Trinajstić information content (AvgIpc) is 2.91. The van der Waals surface area contributed by atoms with Gasteiger partial charge in [-0.05, 0) is 43.4 Å². The highest BCUT2D eigenvalue weighted by Gasteiger charge is 2.17. The Kier molecular flexibility index (Phi) is 4.64. The third-order valence-electron chi connectivity index (χ3n) is 3.74. The van der Waals surface area contributed by atoms with Crippen molar-refractivity contribution in [3.8, 4) is 0 Å². The van der Waals surface area contributed by atoms with Crippen molar-refractivity contribution in [1.82, 2.24) is 9.88 Å². The molecule has 0 bridgehead atoms. The van der Waals surface area contributed by atoms with E-state index in [1.807, 2.05) is 24.3 Å². The van der Waals surface area contributed by atoms with E-state index in [2.05, 4.69) is 10.3 Å². The summed E-state index contributed by atoms with van der Waals surface area (Å²) in [5.74, 6) is 0. The largest absolute Gasteiger partial charge is 0.323 e. The molecule has 1 aliphatic carbocycles. The summed E-state index contributed by atoms with van der Waals surface area (Å²) < 4.78 is 0. The zero-order valence-corrected chi connectivity index (χ0v) is 14.0. The number of nitrogens with one attached hydrogen (secondary N) is 1. The quantitative estimate of drug-likeness (QED) is 0.906. The number of fused-ring (bicyclic) bond motifs is 1. The van der Waals surface area contributed by atoms with E-state index in [9.17, 15) is 4.79 Å². The third-order valence-corrected chi connectivity index (χ3v) is 5.06. The van der Waals surface area contributed by atoms with Gasteiger partial charge in [-0.2, -0.15) is 0 Å². The standard InChI is InChI=1S/C16H18ClN3OS/c1-20(10-11-6-8-12(17)9-7-11)16(21)19-15-18-13-4-2-3-5-14(13)22-15/h6-9H,2-5,10H2,1H3,(H,18,19,21). The van der Waals surface area contributed by atoms with Gasteiger partial charge < -0.3 is 4.90 Å². The lowest BCUT2D eigenvalue weighted by atomic mass is 10.0. The fourth-order valence-electron chi connectivity index (χ4n) is 2.53. The predicted molar refractivity (Wildman–Crippen MR) is 90.7 cm³/mol. The van der Waals surface area contributed by atoms with Crippen molar-refractivity contribution >= 4 is 34.1 Å². The topological polar surface area (TPSA) is 45.2 Å². The number of benzene rings is 1. The van der Waals surface area contributed by atoms with E-state index in [-0.39, 0.29) is 6.03 Å². The molecule has 0 fully saturated rings. The van der Waals surface area contributed by atoms with E-state index in [1.165, 1.54) is 17.7 Å². The van der Waals surface area contributed by atoms with Crippen LogP contribution in [0.5, 0.6) is 0 Å². The lowest BCUT2D eigenvalue weighted by Crippen LogP contribution is -2.30. The van der Waals surface area contributed by atoms with Crippen LogP contribution in [0.1, 0.15) is 29.0 Å². The lowest BCUT2D eigenvalue weighted by Gasteiger charge is -2.17. The van der Waals surface area contributed by atoms with Crippen LogP contribution in [-0.2, 0) is 19.4 Å². The Balaban J connectivity index is 1.61. The number of aromatic nitrogens is 1. The smallest absolute Gasteiger partial charge is 0.323 e. The number of thiazole rings is 1. The van der Waals surface area contributed by atoms with Gasteiger partial charge in [0.15, 0.2) is 5.13 Å². The molecule has 0 unspecified atom stereocenters. The Labute approximate surface area is 139 Å². The fraction of sp³-hybridized carbons (Fsp3) is 0.375. The molecule has 0 spiro atoms. The SMILES string of the molecule is CN(Cc1ccc(Cl)cc1)C(=O)Nc1nc2c(s1)CCCC2. The number of amides is 2. The van der Waals surface area contributed by atoms with Crippen molar-refractivity contribution in [2.24, 2.45) is 0 Å². The minimum absolute atomic E-state index is 0.138. The van der Waals surface area contributed by atoms with Crippen LogP contribution >= 0.6 is 22.9 Å². The van der Waals surface area contributed by atoms with Gasteiger partial charge in [0.05, 0.1) is 5.69 Å². The van der Waals surface area contributed by atoms with Crippen LogP contribution < -0.4 is 5.32 Å². The van der Waals surface area contributed by atoms with Crippen molar-refractivity contribution in [2.45, 2.75) is 32.2 Å². The maximum atomic E-state index is 12.3.